The fourth-order valence-electron chi connectivity index (χ4n) is 0.844. The third-order valence-corrected chi connectivity index (χ3v) is 2.39. The van der Waals surface area contributed by atoms with Gasteiger partial charge in [-0.2, -0.15) is 0 Å². The van der Waals surface area contributed by atoms with Gasteiger partial charge >= 0.3 is 0 Å². The van der Waals surface area contributed by atoms with Gasteiger partial charge in [0.15, 0.2) is 0 Å². The minimum absolute atomic E-state index is 0.594. The Morgan fingerprint density at radius 1 is 1.46 bits per heavy atom. The highest BCUT2D eigenvalue weighted by molar-refractivity contribution is 7.10. The summed E-state index contributed by atoms with van der Waals surface area (Å²) in [5, 5.41) is 2.86. The molecule has 1 rings (SSSR count). The number of rotatable bonds is 6. The van der Waals surface area contributed by atoms with Crippen molar-refractivity contribution in [3.63, 3.8) is 0 Å². The Kier molecular flexibility index (Phi) is 4.74. The maximum atomic E-state index is 5.47. The van der Waals surface area contributed by atoms with Crippen molar-refractivity contribution in [2.24, 2.45) is 0 Å². The number of nitrogen functional groups attached to an aromatic ring is 1. The molecule has 0 aliphatic rings. The van der Waals surface area contributed by atoms with Gasteiger partial charge in [0.2, 0.25) is 0 Å². The van der Waals surface area contributed by atoms with E-state index >= 15 is 0 Å². The molecule has 0 fully saturated rings. The summed E-state index contributed by atoms with van der Waals surface area (Å²) in [6.07, 6.45) is 0.825. The number of nitrogens with zero attached hydrogens (tertiary/aromatic N) is 1. The number of methoxy groups -OCH3 is 1. The van der Waals surface area contributed by atoms with Crippen LogP contribution in [0.15, 0.2) is 5.38 Å². The molecule has 0 saturated heterocycles. The summed E-state index contributed by atoms with van der Waals surface area (Å²) in [4.78, 5) is 4.11. The van der Waals surface area contributed by atoms with Crippen molar-refractivity contribution in [3.05, 3.63) is 10.4 Å². The Bertz CT molecular complexity index is 240. The largest absolute Gasteiger partial charge is 0.383 e. The zero-order valence-corrected chi connectivity index (χ0v) is 8.47. The average molecular weight is 202 g/mol. The van der Waals surface area contributed by atoms with E-state index in [9.17, 15) is 0 Å². The van der Waals surface area contributed by atoms with E-state index < -0.39 is 0 Å². The van der Waals surface area contributed by atoms with Crippen molar-refractivity contribution in [1.29, 1.82) is 0 Å². The Hall–Kier alpha value is -0.650. The van der Waals surface area contributed by atoms with Crippen molar-refractivity contribution in [2.45, 2.75) is 6.42 Å². The van der Waals surface area contributed by atoms with E-state index in [0.29, 0.717) is 25.6 Å². The van der Waals surface area contributed by atoms with Gasteiger partial charge in [-0.05, 0) is 0 Å². The third kappa shape index (κ3) is 4.21. The lowest BCUT2D eigenvalue weighted by Crippen LogP contribution is -2.04. The second-order valence-corrected chi connectivity index (χ2v) is 3.46. The van der Waals surface area contributed by atoms with Crippen molar-refractivity contribution in [2.75, 3.05) is 32.7 Å². The van der Waals surface area contributed by atoms with Gasteiger partial charge in [-0.1, -0.05) is 0 Å². The SMILES string of the molecule is COCCOCCc1nc(N)cs1. The first-order valence-electron chi connectivity index (χ1n) is 4.09. The Balaban J connectivity index is 2.06. The molecular formula is C8H14N2O2S. The molecule has 2 N–H and O–H groups in total. The lowest BCUT2D eigenvalue weighted by atomic mass is 10.5. The average Bonchev–Trinajstić information content (AvgIpc) is 2.51. The number of aromatic nitrogens is 1. The van der Waals surface area contributed by atoms with E-state index in [4.69, 9.17) is 15.2 Å². The molecule has 0 atom stereocenters. The molecule has 0 unspecified atom stereocenters. The first-order chi connectivity index (χ1) is 6.33. The molecule has 0 bridgehead atoms. The Labute approximate surface area is 81.7 Å². The van der Waals surface area contributed by atoms with Crippen LogP contribution in [-0.4, -0.2) is 31.9 Å². The lowest BCUT2D eigenvalue weighted by molar-refractivity contribution is 0.0722. The molecule has 0 radical (unpaired) electrons. The molecule has 0 spiro atoms. The summed E-state index contributed by atoms with van der Waals surface area (Å²) in [5.74, 6) is 0.594. The number of anilines is 1. The van der Waals surface area contributed by atoms with Crippen LogP contribution < -0.4 is 5.73 Å². The smallest absolute Gasteiger partial charge is 0.134 e. The predicted octanol–water partition coefficient (Wildman–Crippen LogP) is 0.931. The van der Waals surface area contributed by atoms with E-state index in [-0.39, 0.29) is 0 Å². The summed E-state index contributed by atoms with van der Waals surface area (Å²) >= 11 is 1.57. The monoisotopic (exact) mass is 202 g/mol. The van der Waals surface area contributed by atoms with Crippen LogP contribution >= 0.6 is 11.3 Å². The quantitative estimate of drug-likeness (QED) is 0.697. The van der Waals surface area contributed by atoms with Gasteiger partial charge < -0.3 is 15.2 Å². The highest BCUT2D eigenvalue weighted by Crippen LogP contribution is 2.11. The molecule has 1 aromatic rings. The normalized spacial score (nSPS) is 10.5. The maximum Gasteiger partial charge on any atom is 0.134 e. The van der Waals surface area contributed by atoms with Crippen LogP contribution in [0.25, 0.3) is 0 Å². The van der Waals surface area contributed by atoms with Crippen LogP contribution in [0.2, 0.25) is 0 Å². The van der Waals surface area contributed by atoms with E-state index in [1.54, 1.807) is 18.4 Å². The molecule has 74 valence electrons. The topological polar surface area (TPSA) is 57.4 Å². The van der Waals surface area contributed by atoms with E-state index in [1.807, 2.05) is 5.38 Å². The van der Waals surface area contributed by atoms with Crippen LogP contribution in [0.5, 0.6) is 0 Å². The molecule has 13 heavy (non-hydrogen) atoms. The van der Waals surface area contributed by atoms with Crippen LogP contribution in [0, 0.1) is 0 Å². The van der Waals surface area contributed by atoms with E-state index in [2.05, 4.69) is 4.98 Å². The van der Waals surface area contributed by atoms with Crippen LogP contribution in [-0.2, 0) is 15.9 Å². The second-order valence-electron chi connectivity index (χ2n) is 2.52. The summed E-state index contributed by atoms with van der Waals surface area (Å²) in [7, 11) is 1.66. The molecule has 1 heterocycles. The van der Waals surface area contributed by atoms with Crippen molar-refractivity contribution in [1.82, 2.24) is 4.98 Å². The first kappa shape index (κ1) is 10.4. The number of ether oxygens (including phenoxy) is 2. The molecular weight excluding hydrogens is 188 g/mol. The first-order valence-corrected chi connectivity index (χ1v) is 4.97. The fourth-order valence-corrected chi connectivity index (χ4v) is 1.51. The Morgan fingerprint density at radius 2 is 2.31 bits per heavy atom. The number of thiazole rings is 1. The van der Waals surface area contributed by atoms with E-state index in [1.165, 1.54) is 0 Å². The van der Waals surface area contributed by atoms with Crippen LogP contribution in [0.4, 0.5) is 5.82 Å². The van der Waals surface area contributed by atoms with Gasteiger partial charge in [0.25, 0.3) is 0 Å². The molecule has 5 heteroatoms. The van der Waals surface area contributed by atoms with Crippen LogP contribution in [0.3, 0.4) is 0 Å². The van der Waals surface area contributed by atoms with E-state index in [0.717, 1.165) is 11.4 Å². The van der Waals surface area contributed by atoms with Crippen LogP contribution in [0.1, 0.15) is 5.01 Å². The van der Waals surface area contributed by atoms with Gasteiger partial charge in [-0.3, -0.25) is 0 Å². The van der Waals surface area contributed by atoms with Crippen molar-refractivity contribution < 1.29 is 9.47 Å². The van der Waals surface area contributed by atoms with Gasteiger partial charge in [0.05, 0.1) is 24.8 Å². The molecule has 0 saturated carbocycles. The third-order valence-electron chi connectivity index (χ3n) is 1.46. The molecule has 0 amide bonds. The molecule has 1 aromatic heterocycles. The molecule has 0 aromatic carbocycles. The summed E-state index contributed by atoms with van der Waals surface area (Å²) in [5.41, 5.74) is 5.47. The molecule has 0 aliphatic heterocycles. The number of hydrogen-bond acceptors (Lipinski definition) is 5. The maximum absolute atomic E-state index is 5.47. The highest BCUT2D eigenvalue weighted by Gasteiger charge is 1.98. The van der Waals surface area contributed by atoms with Gasteiger partial charge in [0, 0.05) is 18.9 Å². The summed E-state index contributed by atoms with van der Waals surface area (Å²) < 4.78 is 10.1. The van der Waals surface area contributed by atoms with Gasteiger partial charge in [-0.25, -0.2) is 4.98 Å². The summed E-state index contributed by atoms with van der Waals surface area (Å²) in [6, 6.07) is 0. The summed E-state index contributed by atoms with van der Waals surface area (Å²) in [6.45, 7) is 1.95. The zero-order chi connectivity index (χ0) is 9.52. The van der Waals surface area contributed by atoms with Crippen molar-refractivity contribution in [3.8, 4) is 0 Å². The number of nitrogens with two attached hydrogens (primary N) is 1. The van der Waals surface area contributed by atoms with Gasteiger partial charge in [-0.15, -0.1) is 11.3 Å². The predicted molar refractivity (Wildman–Crippen MR) is 52.9 cm³/mol. The lowest BCUT2D eigenvalue weighted by Gasteiger charge is -2.00. The Morgan fingerprint density at radius 3 is 2.92 bits per heavy atom. The standard InChI is InChI=1S/C8H14N2O2S/c1-11-4-5-12-3-2-8-10-7(9)6-13-8/h6H,2-5,9H2,1H3. The zero-order valence-electron chi connectivity index (χ0n) is 7.66. The second kappa shape index (κ2) is 5.90. The minimum Gasteiger partial charge on any atom is -0.383 e. The molecule has 4 nitrogen and oxygen atoms in total. The van der Waals surface area contributed by atoms with Gasteiger partial charge in [0.1, 0.15) is 5.82 Å². The number of hydrogen-bond donors (Lipinski definition) is 1. The van der Waals surface area contributed by atoms with Crippen molar-refractivity contribution >= 4 is 17.2 Å². The fraction of sp³-hybridized carbons (Fsp3) is 0.625. The minimum atomic E-state index is 0.594. The molecule has 0 aliphatic carbocycles. The highest BCUT2D eigenvalue weighted by atomic mass is 32.1.